The van der Waals surface area contributed by atoms with Gasteiger partial charge >= 0.3 is 0 Å². The van der Waals surface area contributed by atoms with Gasteiger partial charge < -0.3 is 0 Å². The standard InChI is InChI=1S/C10H12N4O2S/c1-14-7-6-9(12-14)8-4-2-3-5-10(8)17(15,16)13-11/h2-7,13H,11H2,1H3. The number of nitrogens with zero attached hydrogens (tertiary/aromatic N) is 2. The summed E-state index contributed by atoms with van der Waals surface area (Å²) in [5, 5.41) is 4.17. The van der Waals surface area contributed by atoms with E-state index in [4.69, 9.17) is 5.84 Å². The molecule has 1 aromatic carbocycles. The fraction of sp³-hybridized carbons (Fsp3) is 0.100. The highest BCUT2D eigenvalue weighted by Crippen LogP contribution is 2.24. The summed E-state index contributed by atoms with van der Waals surface area (Å²) in [6.07, 6.45) is 1.74. The molecule has 3 N–H and O–H groups in total. The Morgan fingerprint density at radius 3 is 2.59 bits per heavy atom. The second-order valence-electron chi connectivity index (χ2n) is 3.49. The van der Waals surface area contributed by atoms with E-state index in [2.05, 4.69) is 5.10 Å². The van der Waals surface area contributed by atoms with E-state index in [-0.39, 0.29) is 4.90 Å². The summed E-state index contributed by atoms with van der Waals surface area (Å²) in [5.41, 5.74) is 1.10. The smallest absolute Gasteiger partial charge is 0.253 e. The number of benzene rings is 1. The fourth-order valence-electron chi connectivity index (χ4n) is 1.53. The van der Waals surface area contributed by atoms with Crippen molar-refractivity contribution in [2.75, 3.05) is 0 Å². The van der Waals surface area contributed by atoms with Crippen LogP contribution in [0.1, 0.15) is 0 Å². The summed E-state index contributed by atoms with van der Waals surface area (Å²) in [4.78, 5) is 1.92. The zero-order valence-electron chi connectivity index (χ0n) is 9.16. The number of rotatable bonds is 3. The zero-order valence-corrected chi connectivity index (χ0v) is 9.98. The Bertz CT molecular complexity index is 633. The Morgan fingerprint density at radius 2 is 2.00 bits per heavy atom. The molecule has 2 rings (SSSR count). The van der Waals surface area contributed by atoms with E-state index < -0.39 is 10.0 Å². The highest BCUT2D eigenvalue weighted by Gasteiger charge is 2.18. The summed E-state index contributed by atoms with van der Waals surface area (Å²) in [6, 6.07) is 8.30. The normalized spacial score (nSPS) is 11.6. The number of hydrogen-bond donors (Lipinski definition) is 2. The van der Waals surface area contributed by atoms with Crippen LogP contribution in [-0.4, -0.2) is 18.2 Å². The van der Waals surface area contributed by atoms with Crippen LogP contribution in [0, 0.1) is 0 Å². The fourth-order valence-corrected chi connectivity index (χ4v) is 2.38. The second kappa shape index (κ2) is 4.28. The third-order valence-electron chi connectivity index (χ3n) is 2.32. The molecule has 7 heteroatoms. The van der Waals surface area contributed by atoms with Crippen molar-refractivity contribution in [1.82, 2.24) is 14.6 Å². The Balaban J connectivity index is 2.64. The topological polar surface area (TPSA) is 90.0 Å². The number of aromatic nitrogens is 2. The highest BCUT2D eigenvalue weighted by atomic mass is 32.2. The van der Waals surface area contributed by atoms with E-state index in [1.165, 1.54) is 6.07 Å². The number of nitrogens with two attached hydrogens (primary N) is 1. The molecule has 0 fully saturated rings. The van der Waals surface area contributed by atoms with E-state index in [0.29, 0.717) is 11.3 Å². The molecule has 0 saturated carbocycles. The van der Waals surface area contributed by atoms with Gasteiger partial charge in [0.1, 0.15) is 0 Å². The van der Waals surface area contributed by atoms with Crippen LogP contribution < -0.4 is 10.7 Å². The molecule has 1 aromatic heterocycles. The van der Waals surface area contributed by atoms with Crippen LogP contribution in [-0.2, 0) is 17.1 Å². The Labute approximate surface area is 99.1 Å². The van der Waals surface area contributed by atoms with Crippen molar-refractivity contribution in [3.63, 3.8) is 0 Å². The molecule has 0 aliphatic heterocycles. The van der Waals surface area contributed by atoms with Gasteiger partial charge in [0.25, 0.3) is 10.0 Å². The van der Waals surface area contributed by atoms with Crippen LogP contribution in [0.2, 0.25) is 0 Å². The summed E-state index contributed by atoms with van der Waals surface area (Å²) < 4.78 is 25.1. The molecular weight excluding hydrogens is 240 g/mol. The van der Waals surface area contributed by atoms with Gasteiger partial charge in [-0.05, 0) is 12.1 Å². The van der Waals surface area contributed by atoms with Crippen molar-refractivity contribution in [1.29, 1.82) is 0 Å². The van der Waals surface area contributed by atoms with E-state index >= 15 is 0 Å². The van der Waals surface area contributed by atoms with Crippen LogP contribution in [0.5, 0.6) is 0 Å². The first-order valence-electron chi connectivity index (χ1n) is 4.86. The Morgan fingerprint density at radius 1 is 1.29 bits per heavy atom. The van der Waals surface area contributed by atoms with Crippen LogP contribution in [0.15, 0.2) is 41.4 Å². The van der Waals surface area contributed by atoms with Gasteiger partial charge in [0.2, 0.25) is 0 Å². The summed E-state index contributed by atoms with van der Waals surface area (Å²) in [7, 11) is -1.92. The SMILES string of the molecule is Cn1ccc(-c2ccccc2S(=O)(=O)NN)n1. The maximum Gasteiger partial charge on any atom is 0.253 e. The van der Waals surface area contributed by atoms with Crippen molar-refractivity contribution >= 4 is 10.0 Å². The molecule has 0 unspecified atom stereocenters. The van der Waals surface area contributed by atoms with Gasteiger partial charge in [0.05, 0.1) is 10.6 Å². The third kappa shape index (κ3) is 2.21. The van der Waals surface area contributed by atoms with E-state index in [1.54, 1.807) is 42.2 Å². The molecule has 0 bridgehead atoms. The first-order valence-corrected chi connectivity index (χ1v) is 6.34. The summed E-state index contributed by atoms with van der Waals surface area (Å²) >= 11 is 0. The molecule has 0 atom stereocenters. The van der Waals surface area contributed by atoms with Gasteiger partial charge in [-0.3, -0.25) is 10.5 Å². The van der Waals surface area contributed by atoms with Crippen molar-refractivity contribution in [3.05, 3.63) is 36.5 Å². The molecule has 0 aliphatic rings. The molecule has 0 aliphatic carbocycles. The Kier molecular flexibility index (Phi) is 2.97. The molecule has 0 saturated heterocycles. The monoisotopic (exact) mass is 252 g/mol. The van der Waals surface area contributed by atoms with Crippen molar-refractivity contribution in [3.8, 4) is 11.3 Å². The lowest BCUT2D eigenvalue weighted by Crippen LogP contribution is -2.30. The van der Waals surface area contributed by atoms with Gasteiger partial charge in [0.15, 0.2) is 0 Å². The van der Waals surface area contributed by atoms with E-state index in [9.17, 15) is 8.42 Å². The van der Waals surface area contributed by atoms with Crippen LogP contribution in [0.25, 0.3) is 11.3 Å². The molecule has 0 radical (unpaired) electrons. The average Bonchev–Trinajstić information content (AvgIpc) is 2.76. The maximum absolute atomic E-state index is 11.7. The predicted molar refractivity (Wildman–Crippen MR) is 63.2 cm³/mol. The summed E-state index contributed by atoms with van der Waals surface area (Å²) in [5.74, 6) is 5.03. The molecule has 6 nitrogen and oxygen atoms in total. The van der Waals surface area contributed by atoms with Crippen molar-refractivity contribution in [2.45, 2.75) is 4.90 Å². The first kappa shape index (κ1) is 11.8. The summed E-state index contributed by atoms with van der Waals surface area (Å²) in [6.45, 7) is 0. The van der Waals surface area contributed by atoms with Crippen LogP contribution in [0.4, 0.5) is 0 Å². The van der Waals surface area contributed by atoms with Crippen molar-refractivity contribution in [2.24, 2.45) is 12.9 Å². The molecule has 17 heavy (non-hydrogen) atoms. The minimum absolute atomic E-state index is 0.112. The second-order valence-corrected chi connectivity index (χ2v) is 5.17. The van der Waals surface area contributed by atoms with Crippen molar-refractivity contribution < 1.29 is 8.42 Å². The quantitative estimate of drug-likeness (QED) is 0.605. The van der Waals surface area contributed by atoms with Gasteiger partial charge in [-0.1, -0.05) is 18.2 Å². The number of hydrogen-bond acceptors (Lipinski definition) is 4. The molecule has 0 amide bonds. The van der Waals surface area contributed by atoms with Gasteiger partial charge in [0, 0.05) is 18.8 Å². The highest BCUT2D eigenvalue weighted by molar-refractivity contribution is 7.89. The van der Waals surface area contributed by atoms with Gasteiger partial charge in [-0.15, -0.1) is 0 Å². The molecule has 90 valence electrons. The lowest BCUT2D eigenvalue weighted by Gasteiger charge is -2.06. The molecule has 1 heterocycles. The lowest BCUT2D eigenvalue weighted by molar-refractivity contribution is 0.584. The molecule has 2 aromatic rings. The number of aryl methyl sites for hydroxylation is 1. The van der Waals surface area contributed by atoms with Crippen LogP contribution >= 0.6 is 0 Å². The van der Waals surface area contributed by atoms with E-state index in [0.717, 1.165) is 0 Å². The zero-order chi connectivity index (χ0) is 12.5. The number of sulfonamides is 1. The van der Waals surface area contributed by atoms with Crippen LogP contribution in [0.3, 0.4) is 0 Å². The number of nitrogens with one attached hydrogen (secondary N) is 1. The van der Waals surface area contributed by atoms with E-state index in [1.807, 2.05) is 4.83 Å². The Hall–Kier alpha value is -1.70. The van der Waals surface area contributed by atoms with Gasteiger partial charge in [-0.2, -0.15) is 9.93 Å². The average molecular weight is 252 g/mol. The minimum Gasteiger partial charge on any atom is -0.275 e. The maximum atomic E-state index is 11.7. The van der Waals surface area contributed by atoms with Gasteiger partial charge in [-0.25, -0.2) is 8.42 Å². The third-order valence-corrected chi connectivity index (χ3v) is 3.57. The first-order chi connectivity index (χ1) is 8.04. The predicted octanol–water partition coefficient (Wildman–Crippen LogP) is 0.239. The molecular formula is C10H12N4O2S. The molecule has 0 spiro atoms. The largest absolute Gasteiger partial charge is 0.275 e. The lowest BCUT2D eigenvalue weighted by atomic mass is 10.1. The minimum atomic E-state index is -3.69. The number of hydrazine groups is 1.